The summed E-state index contributed by atoms with van der Waals surface area (Å²) < 4.78 is 0. The summed E-state index contributed by atoms with van der Waals surface area (Å²) in [4.78, 5) is 18.8. The van der Waals surface area contributed by atoms with Crippen LogP contribution in [0.3, 0.4) is 0 Å². The lowest BCUT2D eigenvalue weighted by molar-refractivity contribution is -0.134. The third kappa shape index (κ3) is 4.53. The quantitative estimate of drug-likeness (QED) is 0.936. The van der Waals surface area contributed by atoms with Crippen LogP contribution in [0.15, 0.2) is 54.9 Å². The van der Waals surface area contributed by atoms with E-state index in [1.807, 2.05) is 41.4 Å². The maximum absolute atomic E-state index is 12.6. The van der Waals surface area contributed by atoms with Crippen LogP contribution in [0.1, 0.15) is 23.6 Å². The minimum atomic E-state index is 0. The Labute approximate surface area is 143 Å². The third-order valence-electron chi connectivity index (χ3n) is 4.10. The van der Waals surface area contributed by atoms with Gasteiger partial charge in [0.2, 0.25) is 5.91 Å². The van der Waals surface area contributed by atoms with Crippen LogP contribution in [-0.4, -0.2) is 35.4 Å². The molecule has 1 N–H and O–H groups in total. The number of nitrogens with one attached hydrogen (secondary N) is 1. The van der Waals surface area contributed by atoms with E-state index < -0.39 is 0 Å². The summed E-state index contributed by atoms with van der Waals surface area (Å²) in [5.74, 6) is 0.221. The largest absolute Gasteiger partial charge is 0.333 e. The molecule has 1 aliphatic rings. The Kier molecular flexibility index (Phi) is 6.56. The monoisotopic (exact) mass is 331 g/mol. The number of aromatic nitrogens is 1. The van der Waals surface area contributed by atoms with Gasteiger partial charge in [0.15, 0.2) is 0 Å². The number of pyridine rings is 1. The Morgan fingerprint density at radius 3 is 2.78 bits per heavy atom. The number of carbonyl (C=O) groups is 1. The molecule has 1 saturated heterocycles. The molecule has 23 heavy (non-hydrogen) atoms. The highest BCUT2D eigenvalue weighted by Gasteiger charge is 2.27. The highest BCUT2D eigenvalue weighted by atomic mass is 35.5. The average molecular weight is 332 g/mol. The van der Waals surface area contributed by atoms with Crippen molar-refractivity contribution in [3.63, 3.8) is 0 Å². The molecule has 0 radical (unpaired) electrons. The molecule has 1 unspecified atom stereocenters. The molecule has 1 atom stereocenters. The Morgan fingerprint density at radius 2 is 2.04 bits per heavy atom. The molecular formula is C18H22ClN3O. The molecule has 1 amide bonds. The van der Waals surface area contributed by atoms with Gasteiger partial charge in [-0.3, -0.25) is 9.78 Å². The smallest absolute Gasteiger partial charge is 0.223 e. The lowest BCUT2D eigenvalue weighted by atomic mass is 10.0. The predicted molar refractivity (Wildman–Crippen MR) is 93.6 cm³/mol. The molecule has 0 bridgehead atoms. The van der Waals surface area contributed by atoms with Crippen molar-refractivity contribution in [3.8, 4) is 0 Å². The van der Waals surface area contributed by atoms with Crippen molar-refractivity contribution in [3.05, 3.63) is 66.0 Å². The maximum Gasteiger partial charge on any atom is 0.223 e. The summed E-state index contributed by atoms with van der Waals surface area (Å²) in [6.07, 6.45) is 4.97. The number of amides is 1. The molecule has 1 fully saturated rings. The first-order valence-electron chi connectivity index (χ1n) is 7.78. The Bertz CT molecular complexity index is 606. The number of hydrogen-bond donors (Lipinski definition) is 1. The summed E-state index contributed by atoms with van der Waals surface area (Å²) in [5, 5.41) is 3.37. The van der Waals surface area contributed by atoms with Crippen molar-refractivity contribution in [2.24, 2.45) is 0 Å². The van der Waals surface area contributed by atoms with E-state index in [0.29, 0.717) is 6.42 Å². The molecular weight excluding hydrogens is 310 g/mol. The van der Waals surface area contributed by atoms with Crippen LogP contribution in [0.5, 0.6) is 0 Å². The summed E-state index contributed by atoms with van der Waals surface area (Å²) in [5.41, 5.74) is 2.31. The van der Waals surface area contributed by atoms with Gasteiger partial charge in [0.1, 0.15) is 0 Å². The Hall–Kier alpha value is -1.91. The molecule has 2 heterocycles. The van der Waals surface area contributed by atoms with Gasteiger partial charge in [0, 0.05) is 38.4 Å². The second kappa shape index (κ2) is 8.65. The van der Waals surface area contributed by atoms with Crippen LogP contribution < -0.4 is 5.32 Å². The molecule has 122 valence electrons. The molecule has 1 aromatic heterocycles. The van der Waals surface area contributed by atoms with Gasteiger partial charge in [0.25, 0.3) is 0 Å². The van der Waals surface area contributed by atoms with Crippen LogP contribution in [0.4, 0.5) is 0 Å². The van der Waals surface area contributed by atoms with Crippen LogP contribution >= 0.6 is 12.4 Å². The van der Waals surface area contributed by atoms with E-state index in [2.05, 4.69) is 22.4 Å². The topological polar surface area (TPSA) is 45.2 Å². The van der Waals surface area contributed by atoms with Crippen LogP contribution in [0.25, 0.3) is 0 Å². The van der Waals surface area contributed by atoms with Gasteiger partial charge in [-0.1, -0.05) is 36.4 Å². The summed E-state index contributed by atoms with van der Waals surface area (Å²) >= 11 is 0. The normalized spacial score (nSPS) is 17.4. The van der Waals surface area contributed by atoms with Crippen molar-refractivity contribution in [2.75, 3.05) is 19.6 Å². The zero-order valence-electron chi connectivity index (χ0n) is 13.0. The highest BCUT2D eigenvalue weighted by Crippen LogP contribution is 2.22. The van der Waals surface area contributed by atoms with Crippen molar-refractivity contribution in [1.29, 1.82) is 0 Å². The SMILES string of the molecule is Cl.O=C(CCc1ccccc1)N1CCNCC1c1cccnc1. The lowest BCUT2D eigenvalue weighted by Gasteiger charge is -2.36. The molecule has 2 aromatic rings. The molecule has 5 heteroatoms. The van der Waals surface area contributed by atoms with E-state index in [4.69, 9.17) is 0 Å². The van der Waals surface area contributed by atoms with Crippen LogP contribution in [0.2, 0.25) is 0 Å². The maximum atomic E-state index is 12.6. The fourth-order valence-corrected chi connectivity index (χ4v) is 2.91. The summed E-state index contributed by atoms with van der Waals surface area (Å²) in [6, 6.07) is 14.2. The zero-order chi connectivity index (χ0) is 15.2. The third-order valence-corrected chi connectivity index (χ3v) is 4.10. The Balaban J connectivity index is 0.00000192. The van der Waals surface area contributed by atoms with Gasteiger partial charge < -0.3 is 10.2 Å². The van der Waals surface area contributed by atoms with Gasteiger partial charge in [-0.15, -0.1) is 12.4 Å². The Morgan fingerprint density at radius 1 is 1.22 bits per heavy atom. The second-order valence-corrected chi connectivity index (χ2v) is 5.58. The number of hydrogen-bond acceptors (Lipinski definition) is 3. The second-order valence-electron chi connectivity index (χ2n) is 5.58. The van der Waals surface area contributed by atoms with Gasteiger partial charge in [-0.2, -0.15) is 0 Å². The van der Waals surface area contributed by atoms with Crippen LogP contribution in [0, 0.1) is 0 Å². The first-order chi connectivity index (χ1) is 10.8. The first kappa shape index (κ1) is 17.4. The highest BCUT2D eigenvalue weighted by molar-refractivity contribution is 5.85. The van der Waals surface area contributed by atoms with Crippen molar-refractivity contribution in [2.45, 2.75) is 18.9 Å². The number of aryl methyl sites for hydroxylation is 1. The van der Waals surface area contributed by atoms with E-state index in [1.54, 1.807) is 6.20 Å². The van der Waals surface area contributed by atoms with Gasteiger partial charge in [-0.25, -0.2) is 0 Å². The number of halogens is 1. The number of rotatable bonds is 4. The predicted octanol–water partition coefficient (Wildman–Crippen LogP) is 2.61. The van der Waals surface area contributed by atoms with E-state index in [0.717, 1.165) is 31.6 Å². The number of nitrogens with zero attached hydrogens (tertiary/aromatic N) is 2. The lowest BCUT2D eigenvalue weighted by Crippen LogP contribution is -2.48. The zero-order valence-corrected chi connectivity index (χ0v) is 13.8. The number of carbonyl (C=O) groups excluding carboxylic acids is 1. The van der Waals surface area contributed by atoms with Crippen molar-refractivity contribution < 1.29 is 4.79 Å². The van der Waals surface area contributed by atoms with E-state index >= 15 is 0 Å². The minimum Gasteiger partial charge on any atom is -0.333 e. The first-order valence-corrected chi connectivity index (χ1v) is 7.78. The fourth-order valence-electron chi connectivity index (χ4n) is 2.91. The van der Waals surface area contributed by atoms with E-state index in [1.165, 1.54) is 5.56 Å². The van der Waals surface area contributed by atoms with Crippen molar-refractivity contribution in [1.82, 2.24) is 15.2 Å². The van der Waals surface area contributed by atoms with E-state index in [-0.39, 0.29) is 24.4 Å². The number of benzene rings is 1. The van der Waals surface area contributed by atoms with Gasteiger partial charge in [0.05, 0.1) is 6.04 Å². The molecule has 0 aliphatic carbocycles. The molecule has 1 aliphatic heterocycles. The molecule has 4 nitrogen and oxygen atoms in total. The molecule has 1 aromatic carbocycles. The minimum absolute atomic E-state index is 0. The fraction of sp³-hybridized carbons (Fsp3) is 0.333. The van der Waals surface area contributed by atoms with Crippen molar-refractivity contribution >= 4 is 18.3 Å². The molecule has 3 rings (SSSR count). The van der Waals surface area contributed by atoms with Gasteiger partial charge in [-0.05, 0) is 23.6 Å². The van der Waals surface area contributed by atoms with E-state index in [9.17, 15) is 4.79 Å². The average Bonchev–Trinajstić information content (AvgIpc) is 2.61. The molecule has 0 saturated carbocycles. The number of piperazine rings is 1. The standard InChI is InChI=1S/C18H21N3O.ClH/c22-18(9-8-15-5-2-1-3-6-15)21-12-11-20-14-17(21)16-7-4-10-19-13-16;/h1-7,10,13,17,20H,8-9,11-12,14H2;1H. The van der Waals surface area contributed by atoms with Crippen LogP contribution in [-0.2, 0) is 11.2 Å². The summed E-state index contributed by atoms with van der Waals surface area (Å²) in [6.45, 7) is 2.41. The molecule has 0 spiro atoms. The summed E-state index contributed by atoms with van der Waals surface area (Å²) in [7, 11) is 0. The van der Waals surface area contributed by atoms with Gasteiger partial charge >= 0.3 is 0 Å².